The van der Waals surface area contributed by atoms with Gasteiger partial charge in [0.05, 0.1) is 5.60 Å². The molecule has 0 aromatic rings. The fraction of sp³-hybridized carbons (Fsp3) is 1.00. The number of ether oxygens (including phenoxy) is 1. The molecule has 0 aliphatic rings. The first-order valence-corrected chi connectivity index (χ1v) is 11.9. The van der Waals surface area contributed by atoms with Crippen molar-refractivity contribution < 1.29 is 4.74 Å². The Hall–Kier alpha value is -0.0400. The first kappa shape index (κ1) is 25.0. The number of rotatable bonds is 20. The number of unbranched alkanes of at least 4 members (excludes halogenated alkanes) is 13. The van der Waals surface area contributed by atoms with Gasteiger partial charge in [-0.3, -0.25) is 0 Å². The van der Waals surface area contributed by atoms with E-state index < -0.39 is 0 Å². The zero-order valence-corrected chi connectivity index (χ0v) is 18.3. The second kappa shape index (κ2) is 18.7. The van der Waals surface area contributed by atoms with E-state index in [9.17, 15) is 0 Å². The van der Waals surface area contributed by atoms with Crippen LogP contribution in [0, 0.1) is 0 Å². The summed E-state index contributed by atoms with van der Waals surface area (Å²) in [5, 5.41) is 0. The summed E-state index contributed by atoms with van der Waals surface area (Å²) in [6.07, 6.45) is 24.8. The lowest BCUT2D eigenvalue weighted by Gasteiger charge is -2.33. The van der Waals surface area contributed by atoms with Crippen LogP contribution in [0.5, 0.6) is 0 Å². The molecule has 0 radical (unpaired) electrons. The van der Waals surface area contributed by atoms with Gasteiger partial charge in [0.25, 0.3) is 0 Å². The minimum absolute atomic E-state index is 0.181. The third-order valence-corrected chi connectivity index (χ3v) is 5.82. The van der Waals surface area contributed by atoms with Crippen LogP contribution < -0.4 is 0 Å². The molecule has 0 aromatic carbocycles. The predicted molar refractivity (Wildman–Crippen MR) is 114 cm³/mol. The molecular weight excluding hydrogens is 304 g/mol. The molecule has 0 rings (SSSR count). The van der Waals surface area contributed by atoms with Gasteiger partial charge in [-0.2, -0.15) is 0 Å². The van der Waals surface area contributed by atoms with Crippen LogP contribution in [-0.4, -0.2) is 12.2 Å². The molecule has 0 saturated heterocycles. The molecule has 1 atom stereocenters. The van der Waals surface area contributed by atoms with Crippen molar-refractivity contribution in [2.75, 3.05) is 6.61 Å². The van der Waals surface area contributed by atoms with Crippen LogP contribution in [0.15, 0.2) is 0 Å². The van der Waals surface area contributed by atoms with E-state index in [-0.39, 0.29) is 5.60 Å². The van der Waals surface area contributed by atoms with E-state index in [0.29, 0.717) is 0 Å². The zero-order valence-electron chi connectivity index (χ0n) is 18.3. The van der Waals surface area contributed by atoms with Crippen molar-refractivity contribution in [2.45, 2.75) is 149 Å². The van der Waals surface area contributed by atoms with E-state index in [2.05, 4.69) is 27.7 Å². The van der Waals surface area contributed by atoms with Crippen molar-refractivity contribution in [3.05, 3.63) is 0 Å². The molecule has 0 amide bonds. The summed E-state index contributed by atoms with van der Waals surface area (Å²) < 4.78 is 6.28. The molecule has 0 aliphatic heterocycles. The average molecular weight is 355 g/mol. The van der Waals surface area contributed by atoms with Crippen LogP contribution in [0.3, 0.4) is 0 Å². The van der Waals surface area contributed by atoms with Crippen LogP contribution in [0.4, 0.5) is 0 Å². The third-order valence-electron chi connectivity index (χ3n) is 5.82. The smallest absolute Gasteiger partial charge is 0.0679 e. The maximum atomic E-state index is 6.28. The Bertz CT molecular complexity index is 250. The first-order valence-electron chi connectivity index (χ1n) is 11.9. The molecule has 1 heteroatoms. The summed E-state index contributed by atoms with van der Waals surface area (Å²) in [4.78, 5) is 0. The van der Waals surface area contributed by atoms with Crippen LogP contribution in [0.25, 0.3) is 0 Å². The Balaban J connectivity index is 3.87. The highest BCUT2D eigenvalue weighted by molar-refractivity contribution is 4.79. The van der Waals surface area contributed by atoms with Gasteiger partial charge >= 0.3 is 0 Å². The van der Waals surface area contributed by atoms with Crippen molar-refractivity contribution in [1.82, 2.24) is 0 Å². The molecule has 0 fully saturated rings. The fourth-order valence-corrected chi connectivity index (χ4v) is 4.02. The van der Waals surface area contributed by atoms with Crippen molar-refractivity contribution in [1.29, 1.82) is 0 Å². The summed E-state index contributed by atoms with van der Waals surface area (Å²) in [6, 6.07) is 0. The molecule has 25 heavy (non-hydrogen) atoms. The van der Waals surface area contributed by atoms with Gasteiger partial charge in [-0.1, -0.05) is 117 Å². The highest BCUT2D eigenvalue weighted by atomic mass is 16.5. The molecule has 1 nitrogen and oxygen atoms in total. The highest BCUT2D eigenvalue weighted by Gasteiger charge is 2.27. The van der Waals surface area contributed by atoms with Crippen molar-refractivity contribution in [2.24, 2.45) is 0 Å². The van der Waals surface area contributed by atoms with Gasteiger partial charge in [-0.15, -0.1) is 0 Å². The lowest BCUT2D eigenvalue weighted by atomic mass is 9.87. The minimum Gasteiger partial charge on any atom is -0.375 e. The van der Waals surface area contributed by atoms with Crippen LogP contribution in [-0.2, 0) is 4.74 Å². The molecule has 0 N–H and O–H groups in total. The number of hydrogen-bond acceptors (Lipinski definition) is 1. The summed E-state index contributed by atoms with van der Waals surface area (Å²) in [6.45, 7) is 9.97. The molecule has 1 unspecified atom stereocenters. The molecule has 152 valence electrons. The summed E-state index contributed by atoms with van der Waals surface area (Å²) in [5.74, 6) is 0. The highest BCUT2D eigenvalue weighted by Crippen LogP contribution is 2.30. The first-order chi connectivity index (χ1) is 12.2. The maximum Gasteiger partial charge on any atom is 0.0679 e. The van der Waals surface area contributed by atoms with Gasteiger partial charge < -0.3 is 4.74 Å². The summed E-state index contributed by atoms with van der Waals surface area (Å²) in [5.41, 5.74) is 0.181. The van der Waals surface area contributed by atoms with Crippen LogP contribution >= 0.6 is 0 Å². The number of hydrogen-bond donors (Lipinski definition) is 0. The van der Waals surface area contributed by atoms with E-state index in [1.807, 2.05) is 0 Å². The quantitative estimate of drug-likeness (QED) is 0.198. The normalized spacial score (nSPS) is 13.9. The summed E-state index contributed by atoms with van der Waals surface area (Å²) in [7, 11) is 0. The molecule has 0 spiro atoms. The second-order valence-corrected chi connectivity index (χ2v) is 8.07. The monoisotopic (exact) mass is 354 g/mol. The predicted octanol–water partition coefficient (Wildman–Crippen LogP) is 8.84. The Morgan fingerprint density at radius 3 is 1.16 bits per heavy atom. The van der Waals surface area contributed by atoms with Gasteiger partial charge in [0.2, 0.25) is 0 Å². The van der Waals surface area contributed by atoms with Crippen molar-refractivity contribution in [3.8, 4) is 0 Å². The molecule has 0 aliphatic carbocycles. The molecule has 0 heterocycles. The lowest BCUT2D eigenvalue weighted by molar-refractivity contribution is -0.0576. The molecule has 0 bridgehead atoms. The van der Waals surface area contributed by atoms with E-state index in [1.165, 1.54) is 116 Å². The van der Waals surface area contributed by atoms with Gasteiger partial charge in [0.15, 0.2) is 0 Å². The van der Waals surface area contributed by atoms with E-state index >= 15 is 0 Å². The summed E-state index contributed by atoms with van der Waals surface area (Å²) >= 11 is 0. The topological polar surface area (TPSA) is 9.23 Å². The van der Waals surface area contributed by atoms with Crippen molar-refractivity contribution in [3.63, 3.8) is 0 Å². The molecule has 0 aromatic heterocycles. The fourth-order valence-electron chi connectivity index (χ4n) is 4.02. The van der Waals surface area contributed by atoms with Gasteiger partial charge in [0, 0.05) is 6.61 Å². The molecular formula is C24H50O. The van der Waals surface area contributed by atoms with E-state index in [4.69, 9.17) is 4.74 Å². The van der Waals surface area contributed by atoms with Crippen LogP contribution in [0.2, 0.25) is 0 Å². The largest absolute Gasteiger partial charge is 0.375 e. The second-order valence-electron chi connectivity index (χ2n) is 8.07. The SMILES string of the molecule is CCCCCCCCCCC(CC)(CCCCCCCCC)OCC. The van der Waals surface area contributed by atoms with Gasteiger partial charge in [-0.25, -0.2) is 0 Å². The van der Waals surface area contributed by atoms with Gasteiger partial charge in [0.1, 0.15) is 0 Å². The molecule has 0 saturated carbocycles. The maximum absolute atomic E-state index is 6.28. The van der Waals surface area contributed by atoms with Gasteiger partial charge in [-0.05, 0) is 26.2 Å². The third kappa shape index (κ3) is 14.8. The Morgan fingerprint density at radius 1 is 0.480 bits per heavy atom. The van der Waals surface area contributed by atoms with E-state index in [0.717, 1.165) is 6.61 Å². The zero-order chi connectivity index (χ0) is 18.6. The van der Waals surface area contributed by atoms with Crippen molar-refractivity contribution >= 4 is 0 Å². The Kier molecular flexibility index (Phi) is 18.7. The Labute approximate surface area is 160 Å². The lowest BCUT2D eigenvalue weighted by Crippen LogP contribution is -2.32. The van der Waals surface area contributed by atoms with Crippen LogP contribution in [0.1, 0.15) is 143 Å². The average Bonchev–Trinajstić information content (AvgIpc) is 2.63. The minimum atomic E-state index is 0.181. The Morgan fingerprint density at radius 2 is 0.840 bits per heavy atom. The van der Waals surface area contributed by atoms with E-state index in [1.54, 1.807) is 0 Å². The standard InChI is InChI=1S/C24H50O/c1-5-9-11-13-15-17-19-21-23-24(7-3,25-8-4)22-20-18-16-14-12-10-6-2/h5-23H2,1-4H3.